The van der Waals surface area contributed by atoms with Crippen LogP contribution in [0.25, 0.3) is 0 Å². The molecular formula is C10H20N2O. The summed E-state index contributed by atoms with van der Waals surface area (Å²) in [6.45, 7) is 8.34. The summed E-state index contributed by atoms with van der Waals surface area (Å²) in [5.41, 5.74) is 0.189. The van der Waals surface area contributed by atoms with Crippen LogP contribution in [0, 0.1) is 0 Å². The van der Waals surface area contributed by atoms with Crippen molar-refractivity contribution in [1.82, 2.24) is 10.2 Å². The topological polar surface area (TPSA) is 32.3 Å². The van der Waals surface area contributed by atoms with E-state index in [1.165, 1.54) is 0 Å². The molecule has 1 N–H and O–H groups in total. The summed E-state index contributed by atoms with van der Waals surface area (Å²) in [5, 5.41) is 3.56. The molecule has 1 rings (SSSR count). The monoisotopic (exact) mass is 184 g/mol. The number of hydrogen-bond acceptors (Lipinski definition) is 2. The van der Waals surface area contributed by atoms with Crippen molar-refractivity contribution in [2.24, 2.45) is 0 Å². The number of piperidine rings is 1. The van der Waals surface area contributed by atoms with E-state index in [0.717, 1.165) is 32.3 Å². The summed E-state index contributed by atoms with van der Waals surface area (Å²) in [6.07, 6.45) is 3.11. The molecule has 1 heterocycles. The van der Waals surface area contributed by atoms with Crippen LogP contribution in [0.2, 0.25) is 0 Å². The highest BCUT2D eigenvalue weighted by Gasteiger charge is 2.21. The number of likely N-dealkylation sites (tertiary alicyclic amines) is 1. The number of carbonyl (C=O) groups is 1. The molecule has 1 aliphatic rings. The van der Waals surface area contributed by atoms with Gasteiger partial charge in [-0.3, -0.25) is 4.79 Å². The van der Waals surface area contributed by atoms with Crippen molar-refractivity contribution in [2.45, 2.75) is 45.2 Å². The number of hydrogen-bond donors (Lipinski definition) is 1. The lowest BCUT2D eigenvalue weighted by Crippen LogP contribution is -2.49. The van der Waals surface area contributed by atoms with Crippen molar-refractivity contribution < 1.29 is 4.79 Å². The molecule has 0 aromatic rings. The van der Waals surface area contributed by atoms with E-state index in [1.54, 1.807) is 0 Å². The first kappa shape index (κ1) is 10.5. The molecule has 0 aromatic heterocycles. The van der Waals surface area contributed by atoms with Crippen molar-refractivity contribution in [3.05, 3.63) is 0 Å². The molecule has 0 aromatic carbocycles. The summed E-state index contributed by atoms with van der Waals surface area (Å²) in [6, 6.07) is 0.580. The molecule has 1 fully saturated rings. The fraction of sp³-hybridized carbons (Fsp3) is 0.900. The largest absolute Gasteiger partial charge is 0.345 e. The van der Waals surface area contributed by atoms with E-state index >= 15 is 0 Å². The zero-order chi connectivity index (χ0) is 9.90. The van der Waals surface area contributed by atoms with E-state index in [1.807, 2.05) is 4.90 Å². The maximum absolute atomic E-state index is 10.5. The molecular weight excluding hydrogens is 164 g/mol. The lowest BCUT2D eigenvalue weighted by molar-refractivity contribution is -0.119. The Labute approximate surface area is 80.5 Å². The molecule has 3 nitrogen and oxygen atoms in total. The number of nitrogens with zero attached hydrogens (tertiary/aromatic N) is 1. The highest BCUT2D eigenvalue weighted by Crippen LogP contribution is 2.12. The third kappa shape index (κ3) is 3.77. The van der Waals surface area contributed by atoms with Crippen LogP contribution in [0.1, 0.15) is 33.6 Å². The van der Waals surface area contributed by atoms with Crippen molar-refractivity contribution in [2.75, 3.05) is 13.1 Å². The van der Waals surface area contributed by atoms with E-state index in [-0.39, 0.29) is 5.54 Å². The SMILES string of the molecule is CC(C)(C)NC1CCN(C=O)CC1. The first-order chi connectivity index (χ1) is 6.01. The Balaban J connectivity index is 2.29. The molecule has 0 saturated carbocycles. The van der Waals surface area contributed by atoms with E-state index in [2.05, 4.69) is 26.1 Å². The molecule has 1 saturated heterocycles. The van der Waals surface area contributed by atoms with E-state index in [0.29, 0.717) is 6.04 Å². The van der Waals surface area contributed by atoms with E-state index in [9.17, 15) is 4.79 Å². The van der Waals surface area contributed by atoms with Gasteiger partial charge in [0.2, 0.25) is 6.41 Å². The first-order valence-electron chi connectivity index (χ1n) is 4.98. The minimum atomic E-state index is 0.189. The van der Waals surface area contributed by atoms with Gasteiger partial charge in [-0.05, 0) is 33.6 Å². The Hall–Kier alpha value is -0.570. The van der Waals surface area contributed by atoms with Gasteiger partial charge in [0.25, 0.3) is 0 Å². The van der Waals surface area contributed by atoms with Gasteiger partial charge in [-0.2, -0.15) is 0 Å². The van der Waals surface area contributed by atoms with Crippen LogP contribution in [-0.4, -0.2) is 36.0 Å². The van der Waals surface area contributed by atoms with Gasteiger partial charge in [0.15, 0.2) is 0 Å². The number of amides is 1. The second-order valence-electron chi connectivity index (χ2n) is 4.81. The molecule has 1 amide bonds. The molecule has 0 bridgehead atoms. The minimum absolute atomic E-state index is 0.189. The summed E-state index contributed by atoms with van der Waals surface area (Å²) >= 11 is 0. The zero-order valence-corrected chi connectivity index (χ0v) is 8.84. The summed E-state index contributed by atoms with van der Waals surface area (Å²) in [7, 11) is 0. The van der Waals surface area contributed by atoms with E-state index in [4.69, 9.17) is 0 Å². The van der Waals surface area contributed by atoms with Gasteiger partial charge >= 0.3 is 0 Å². The quantitative estimate of drug-likeness (QED) is 0.649. The van der Waals surface area contributed by atoms with Crippen LogP contribution in [-0.2, 0) is 4.79 Å². The Morgan fingerprint density at radius 1 is 1.31 bits per heavy atom. The molecule has 13 heavy (non-hydrogen) atoms. The summed E-state index contributed by atoms with van der Waals surface area (Å²) in [4.78, 5) is 12.3. The number of carbonyl (C=O) groups excluding carboxylic acids is 1. The minimum Gasteiger partial charge on any atom is -0.345 e. The first-order valence-corrected chi connectivity index (χ1v) is 4.98. The number of rotatable bonds is 2. The second kappa shape index (κ2) is 4.09. The third-order valence-electron chi connectivity index (χ3n) is 2.32. The average Bonchev–Trinajstić information content (AvgIpc) is 2.03. The van der Waals surface area contributed by atoms with Crippen molar-refractivity contribution >= 4 is 6.41 Å². The Morgan fingerprint density at radius 3 is 2.23 bits per heavy atom. The second-order valence-corrected chi connectivity index (χ2v) is 4.81. The van der Waals surface area contributed by atoms with Crippen molar-refractivity contribution in [3.8, 4) is 0 Å². The molecule has 3 heteroatoms. The fourth-order valence-electron chi connectivity index (χ4n) is 1.76. The summed E-state index contributed by atoms with van der Waals surface area (Å²) in [5.74, 6) is 0. The maximum atomic E-state index is 10.5. The highest BCUT2D eigenvalue weighted by molar-refractivity contribution is 5.47. The molecule has 0 unspecified atom stereocenters. The van der Waals surface area contributed by atoms with Crippen molar-refractivity contribution in [3.63, 3.8) is 0 Å². The van der Waals surface area contributed by atoms with Crippen LogP contribution in [0.4, 0.5) is 0 Å². The Morgan fingerprint density at radius 2 is 1.85 bits per heavy atom. The van der Waals surface area contributed by atoms with Gasteiger partial charge in [-0.25, -0.2) is 0 Å². The lowest BCUT2D eigenvalue weighted by Gasteiger charge is -2.34. The normalized spacial score (nSPS) is 20.4. The predicted octanol–water partition coefficient (Wildman–Crippen LogP) is 0.995. The van der Waals surface area contributed by atoms with Gasteiger partial charge in [-0.1, -0.05) is 0 Å². The zero-order valence-electron chi connectivity index (χ0n) is 8.84. The molecule has 0 aliphatic carbocycles. The average molecular weight is 184 g/mol. The standard InChI is InChI=1S/C10H20N2O/c1-10(2,3)11-9-4-6-12(8-13)7-5-9/h8-9,11H,4-7H2,1-3H3. The molecule has 76 valence electrons. The van der Waals surface area contributed by atoms with Crippen molar-refractivity contribution in [1.29, 1.82) is 0 Å². The summed E-state index contributed by atoms with van der Waals surface area (Å²) < 4.78 is 0. The molecule has 0 atom stereocenters. The molecule has 1 aliphatic heterocycles. The van der Waals surface area contributed by atoms with Gasteiger partial charge in [0, 0.05) is 24.7 Å². The molecule has 0 radical (unpaired) electrons. The van der Waals surface area contributed by atoms with Crippen LogP contribution in [0.5, 0.6) is 0 Å². The van der Waals surface area contributed by atoms with Gasteiger partial charge in [-0.15, -0.1) is 0 Å². The maximum Gasteiger partial charge on any atom is 0.209 e. The number of nitrogens with one attached hydrogen (secondary N) is 1. The highest BCUT2D eigenvalue weighted by atomic mass is 16.1. The fourth-order valence-corrected chi connectivity index (χ4v) is 1.76. The Bertz CT molecular complexity index is 166. The van der Waals surface area contributed by atoms with Gasteiger partial charge < -0.3 is 10.2 Å². The van der Waals surface area contributed by atoms with Crippen LogP contribution < -0.4 is 5.32 Å². The molecule has 0 spiro atoms. The van der Waals surface area contributed by atoms with Gasteiger partial charge in [0.1, 0.15) is 0 Å². The third-order valence-corrected chi connectivity index (χ3v) is 2.32. The predicted molar refractivity (Wildman–Crippen MR) is 53.5 cm³/mol. The van der Waals surface area contributed by atoms with Crippen LogP contribution >= 0.6 is 0 Å². The van der Waals surface area contributed by atoms with E-state index < -0.39 is 0 Å². The van der Waals surface area contributed by atoms with Gasteiger partial charge in [0.05, 0.1) is 0 Å². The van der Waals surface area contributed by atoms with Crippen LogP contribution in [0.3, 0.4) is 0 Å². The Kier molecular flexibility index (Phi) is 3.31. The smallest absolute Gasteiger partial charge is 0.209 e. The lowest BCUT2D eigenvalue weighted by atomic mass is 10.0. The van der Waals surface area contributed by atoms with Crippen LogP contribution in [0.15, 0.2) is 0 Å².